The van der Waals surface area contributed by atoms with Gasteiger partial charge in [-0.1, -0.05) is 0 Å². The Hall–Kier alpha value is -3.23. The van der Waals surface area contributed by atoms with E-state index in [9.17, 15) is 9.59 Å². The monoisotopic (exact) mass is 329 g/mol. The number of carbonyl (C=O) groups excluding carboxylic acids is 1. The van der Waals surface area contributed by atoms with Crippen molar-refractivity contribution < 1.29 is 19.1 Å². The molecule has 0 radical (unpaired) electrons. The number of hydrogen-bond donors (Lipinski definition) is 1. The Morgan fingerprint density at radius 2 is 2.12 bits per heavy atom. The molecule has 0 spiro atoms. The zero-order valence-electron chi connectivity index (χ0n) is 13.3. The number of amides is 1. The van der Waals surface area contributed by atoms with Gasteiger partial charge >= 0.3 is 5.97 Å². The lowest BCUT2D eigenvalue weighted by Crippen LogP contribution is -2.27. The molecule has 3 heterocycles. The van der Waals surface area contributed by atoms with Gasteiger partial charge in [0.2, 0.25) is 5.82 Å². The molecule has 0 fully saturated rings. The van der Waals surface area contributed by atoms with E-state index in [0.717, 1.165) is 5.69 Å². The number of aromatic carboxylic acids is 1. The van der Waals surface area contributed by atoms with Gasteiger partial charge in [-0.2, -0.15) is 4.98 Å². The summed E-state index contributed by atoms with van der Waals surface area (Å²) in [7, 11) is 1.56. The summed E-state index contributed by atoms with van der Waals surface area (Å²) in [5.74, 6) is -0.455. The number of rotatable bonds is 4. The lowest BCUT2D eigenvalue weighted by atomic mass is 10.2. The fourth-order valence-corrected chi connectivity index (χ4v) is 2.31. The predicted molar refractivity (Wildman–Crippen MR) is 81.7 cm³/mol. The van der Waals surface area contributed by atoms with Crippen LogP contribution in [0.4, 0.5) is 0 Å². The highest BCUT2D eigenvalue weighted by Crippen LogP contribution is 2.16. The highest BCUT2D eigenvalue weighted by atomic mass is 16.4. The fourth-order valence-electron chi connectivity index (χ4n) is 2.31. The molecular formula is C15H15N5O4. The molecule has 3 rings (SSSR count). The number of fused-ring (bicyclic) bond motifs is 1. The third-order valence-electron chi connectivity index (χ3n) is 3.56. The summed E-state index contributed by atoms with van der Waals surface area (Å²) in [6, 6.07) is 3.17. The van der Waals surface area contributed by atoms with E-state index in [4.69, 9.17) is 9.52 Å². The summed E-state index contributed by atoms with van der Waals surface area (Å²) < 4.78 is 6.86. The highest BCUT2D eigenvalue weighted by molar-refractivity contribution is 5.91. The van der Waals surface area contributed by atoms with Crippen LogP contribution in [0, 0.1) is 13.8 Å². The maximum atomic E-state index is 12.5. The Labute approximate surface area is 136 Å². The van der Waals surface area contributed by atoms with Gasteiger partial charge in [-0.15, -0.1) is 5.10 Å². The van der Waals surface area contributed by atoms with Crippen molar-refractivity contribution >= 4 is 17.7 Å². The van der Waals surface area contributed by atoms with E-state index >= 15 is 0 Å². The quantitative estimate of drug-likeness (QED) is 0.767. The standard InChI is InChI=1S/C15H15N5O4/c1-8-4-5-16-15-17-12(18-20(8)15)13(21)19(3)7-10-6-11(14(22)23)9(2)24-10/h4-6H,7H2,1-3H3,(H,22,23). The second-order valence-corrected chi connectivity index (χ2v) is 5.38. The normalized spacial score (nSPS) is 11.0. The molecule has 3 aromatic heterocycles. The number of nitrogens with zero attached hydrogens (tertiary/aromatic N) is 5. The summed E-state index contributed by atoms with van der Waals surface area (Å²) in [5.41, 5.74) is 0.887. The molecule has 3 aromatic rings. The molecule has 0 unspecified atom stereocenters. The topological polar surface area (TPSA) is 114 Å². The number of furan rings is 1. The third kappa shape index (κ3) is 2.71. The van der Waals surface area contributed by atoms with E-state index in [1.54, 1.807) is 26.2 Å². The first kappa shape index (κ1) is 15.7. The van der Waals surface area contributed by atoms with Gasteiger partial charge in [-0.25, -0.2) is 14.3 Å². The van der Waals surface area contributed by atoms with Crippen molar-refractivity contribution in [3.8, 4) is 0 Å². The van der Waals surface area contributed by atoms with Crippen molar-refractivity contribution in [3.63, 3.8) is 0 Å². The van der Waals surface area contributed by atoms with Gasteiger partial charge in [0.1, 0.15) is 17.1 Å². The van der Waals surface area contributed by atoms with Crippen LogP contribution in [0.5, 0.6) is 0 Å². The Morgan fingerprint density at radius 1 is 1.38 bits per heavy atom. The molecule has 0 aliphatic rings. The van der Waals surface area contributed by atoms with Crippen LogP contribution in [-0.4, -0.2) is 48.5 Å². The predicted octanol–water partition coefficient (Wildman–Crippen LogP) is 1.30. The summed E-state index contributed by atoms with van der Waals surface area (Å²) in [4.78, 5) is 33.0. The first-order chi connectivity index (χ1) is 11.4. The van der Waals surface area contributed by atoms with Crippen molar-refractivity contribution in [1.82, 2.24) is 24.5 Å². The largest absolute Gasteiger partial charge is 0.478 e. The molecule has 9 heteroatoms. The first-order valence-electron chi connectivity index (χ1n) is 7.13. The Kier molecular flexibility index (Phi) is 3.76. The molecule has 24 heavy (non-hydrogen) atoms. The van der Waals surface area contributed by atoms with Gasteiger partial charge in [-0.05, 0) is 26.0 Å². The number of carboxylic acid groups (broad SMARTS) is 1. The molecule has 0 saturated heterocycles. The van der Waals surface area contributed by atoms with E-state index in [0.29, 0.717) is 17.3 Å². The van der Waals surface area contributed by atoms with Crippen LogP contribution in [0.25, 0.3) is 5.78 Å². The van der Waals surface area contributed by atoms with E-state index < -0.39 is 11.9 Å². The maximum Gasteiger partial charge on any atom is 0.339 e. The zero-order chi connectivity index (χ0) is 17.4. The summed E-state index contributed by atoms with van der Waals surface area (Å²) in [6.07, 6.45) is 1.59. The van der Waals surface area contributed by atoms with Crippen LogP contribution in [0.2, 0.25) is 0 Å². The SMILES string of the molecule is Cc1oc(CN(C)C(=O)c2nc3nccc(C)n3n2)cc1C(=O)O. The molecule has 124 valence electrons. The second-order valence-electron chi connectivity index (χ2n) is 5.38. The molecule has 9 nitrogen and oxygen atoms in total. The lowest BCUT2D eigenvalue weighted by molar-refractivity contribution is 0.0694. The minimum atomic E-state index is -1.07. The minimum absolute atomic E-state index is 0.0148. The van der Waals surface area contributed by atoms with Crippen LogP contribution < -0.4 is 0 Å². The zero-order valence-corrected chi connectivity index (χ0v) is 13.3. The van der Waals surface area contributed by atoms with Gasteiger partial charge in [0.25, 0.3) is 11.7 Å². The third-order valence-corrected chi connectivity index (χ3v) is 3.56. The van der Waals surface area contributed by atoms with E-state index in [1.807, 2.05) is 6.92 Å². The summed E-state index contributed by atoms with van der Waals surface area (Å²) in [6.45, 7) is 3.50. The van der Waals surface area contributed by atoms with Crippen molar-refractivity contribution in [2.45, 2.75) is 20.4 Å². The van der Waals surface area contributed by atoms with Crippen LogP contribution in [-0.2, 0) is 6.54 Å². The van der Waals surface area contributed by atoms with Gasteiger partial charge in [0.15, 0.2) is 0 Å². The van der Waals surface area contributed by atoms with Gasteiger partial charge in [0.05, 0.1) is 6.54 Å². The number of carboxylic acids is 1. The average Bonchev–Trinajstić information content (AvgIpc) is 3.11. The maximum absolute atomic E-state index is 12.5. The Morgan fingerprint density at radius 3 is 2.75 bits per heavy atom. The van der Waals surface area contributed by atoms with E-state index in [1.165, 1.54) is 15.5 Å². The van der Waals surface area contributed by atoms with Gasteiger partial charge in [-0.3, -0.25) is 4.79 Å². The van der Waals surface area contributed by atoms with E-state index in [-0.39, 0.29) is 17.9 Å². The molecular weight excluding hydrogens is 314 g/mol. The molecule has 0 aromatic carbocycles. The van der Waals surface area contributed by atoms with Crippen LogP contribution in [0.15, 0.2) is 22.7 Å². The van der Waals surface area contributed by atoms with Crippen molar-refractivity contribution in [1.29, 1.82) is 0 Å². The average molecular weight is 329 g/mol. The number of hydrogen-bond acceptors (Lipinski definition) is 6. The first-order valence-corrected chi connectivity index (χ1v) is 7.13. The molecule has 0 bridgehead atoms. The molecule has 0 saturated carbocycles. The van der Waals surface area contributed by atoms with Crippen LogP contribution in [0.3, 0.4) is 0 Å². The fraction of sp³-hybridized carbons (Fsp3) is 0.267. The second kappa shape index (κ2) is 5.76. The molecule has 1 amide bonds. The molecule has 1 N–H and O–H groups in total. The number of aryl methyl sites for hydroxylation is 2. The van der Waals surface area contributed by atoms with Gasteiger partial charge in [0, 0.05) is 18.9 Å². The Bertz CT molecular complexity index is 943. The van der Waals surface area contributed by atoms with Crippen molar-refractivity contribution in [2.24, 2.45) is 0 Å². The Balaban J connectivity index is 1.82. The lowest BCUT2D eigenvalue weighted by Gasteiger charge is -2.13. The smallest absolute Gasteiger partial charge is 0.339 e. The van der Waals surface area contributed by atoms with Gasteiger partial charge < -0.3 is 14.4 Å². The van der Waals surface area contributed by atoms with Crippen molar-refractivity contribution in [2.75, 3.05) is 7.05 Å². The van der Waals surface area contributed by atoms with Crippen LogP contribution >= 0.6 is 0 Å². The summed E-state index contributed by atoms with van der Waals surface area (Å²) in [5, 5.41) is 13.2. The van der Waals surface area contributed by atoms with Crippen LogP contribution in [0.1, 0.15) is 38.2 Å². The summed E-state index contributed by atoms with van der Waals surface area (Å²) >= 11 is 0. The van der Waals surface area contributed by atoms with Crippen molar-refractivity contribution in [3.05, 3.63) is 46.9 Å². The molecule has 0 atom stereocenters. The number of aromatic nitrogens is 4. The molecule has 0 aliphatic heterocycles. The van der Waals surface area contributed by atoms with E-state index in [2.05, 4.69) is 15.1 Å². The minimum Gasteiger partial charge on any atom is -0.478 e. The number of carbonyl (C=O) groups is 2. The highest BCUT2D eigenvalue weighted by Gasteiger charge is 2.21. The molecule has 0 aliphatic carbocycles.